The van der Waals surface area contributed by atoms with Crippen LogP contribution in [0.5, 0.6) is 11.5 Å². The molecule has 65 heavy (non-hydrogen) atoms. The molecule has 13 unspecified atom stereocenters. The fraction of sp³-hybridized carbons (Fsp3) is 0.720. The van der Waals surface area contributed by atoms with Crippen molar-refractivity contribution >= 4 is 33.5 Å². The lowest BCUT2D eigenvalue weighted by Gasteiger charge is -2.53. The Hall–Kier alpha value is -2.94. The number of hydrogen-bond acceptors (Lipinski definition) is 15. The van der Waals surface area contributed by atoms with Crippen LogP contribution < -0.4 is 26.4 Å². The summed E-state index contributed by atoms with van der Waals surface area (Å²) in [4.78, 5) is 18.2. The van der Waals surface area contributed by atoms with E-state index in [2.05, 4.69) is 39.9 Å². The predicted molar refractivity (Wildman–Crippen MR) is 255 cm³/mol. The van der Waals surface area contributed by atoms with E-state index in [1.54, 1.807) is 6.07 Å². The van der Waals surface area contributed by atoms with Crippen molar-refractivity contribution in [3.63, 3.8) is 0 Å². The van der Waals surface area contributed by atoms with Crippen LogP contribution in [-0.4, -0.2) is 110 Å². The number of ether oxygens (including phenoxy) is 2. The molecule has 3 heterocycles. The highest BCUT2D eigenvalue weighted by molar-refractivity contribution is 8.76. The second-order valence-corrected chi connectivity index (χ2v) is 23.6. The van der Waals surface area contributed by atoms with Gasteiger partial charge in [-0.2, -0.15) is 0 Å². The molecule has 0 aromatic heterocycles. The Bertz CT molecular complexity index is 2060. The molecule has 0 amide bonds. The molecular weight excluding hydrogens is 863 g/mol. The third kappa shape index (κ3) is 10.1. The smallest absolute Gasteiger partial charge is 0.302 e. The van der Waals surface area contributed by atoms with E-state index >= 15 is 0 Å². The van der Waals surface area contributed by atoms with Crippen molar-refractivity contribution in [1.29, 1.82) is 0 Å². The first-order chi connectivity index (χ1) is 31.3. The van der Waals surface area contributed by atoms with E-state index < -0.39 is 53.9 Å². The third-order valence-corrected chi connectivity index (χ3v) is 19.1. The van der Waals surface area contributed by atoms with Gasteiger partial charge in [0.05, 0.1) is 29.2 Å². The summed E-state index contributed by atoms with van der Waals surface area (Å²) in [5.41, 5.74) is 6.31. The molecule has 1 saturated heterocycles. The maximum absolute atomic E-state index is 12.9. The van der Waals surface area contributed by atoms with Crippen molar-refractivity contribution in [2.75, 3.05) is 31.1 Å². The zero-order valence-corrected chi connectivity index (χ0v) is 39.5. The quantitative estimate of drug-likeness (QED) is 0.0619. The number of hydrogen-bond donors (Lipinski definition) is 9. The fourth-order valence-electron chi connectivity index (χ4n) is 13.6. The normalized spacial score (nSPS) is 41.0. The van der Waals surface area contributed by atoms with Gasteiger partial charge in [-0.3, -0.25) is 4.79 Å². The summed E-state index contributed by atoms with van der Waals surface area (Å²) < 4.78 is 12.8. The van der Waals surface area contributed by atoms with Gasteiger partial charge in [0, 0.05) is 67.3 Å². The standard InChI is InChI=1S/C50H71N5O8S2/c1-31(56)62-41-23-36(57)12-17-50-16-11-33-5-3-15-48(27-37(13-18-53-48)63-42-22-34(21-38(33)41)39(45(60)61)24-40(42)58)29-52-19-20-64-65-30-49(55-46(51)54-43(50)7-2-8-44(50)59)26-32-9-10-35-6-4-14-47(35,25-32)28-49/h2,7,9-10,22,24,32-33,35-38,41,43-45,52-53,57-61H,3-6,8,12-15,17-21,23,25-30H2,1H3,(H3,51,54,55). The van der Waals surface area contributed by atoms with Crippen LogP contribution in [0.4, 0.5) is 0 Å². The molecule has 8 bridgehead atoms. The molecule has 9 rings (SSSR count). The summed E-state index contributed by atoms with van der Waals surface area (Å²) in [6.07, 6.45) is 16.1. The van der Waals surface area contributed by atoms with Crippen molar-refractivity contribution in [1.82, 2.24) is 16.0 Å². The Morgan fingerprint density at radius 3 is 2.72 bits per heavy atom. The van der Waals surface area contributed by atoms with Crippen molar-refractivity contribution < 1.29 is 39.8 Å². The van der Waals surface area contributed by atoms with Crippen LogP contribution in [0.15, 0.2) is 41.4 Å². The Morgan fingerprint density at radius 1 is 1.02 bits per heavy atom. The number of nitrogens with one attached hydrogen (secondary N) is 3. The van der Waals surface area contributed by atoms with Gasteiger partial charge >= 0.3 is 5.97 Å². The second kappa shape index (κ2) is 19.6. The number of aliphatic imine (C=N–C) groups is 1. The van der Waals surface area contributed by atoms with Gasteiger partial charge in [-0.25, -0.2) is 4.99 Å². The number of phenols is 1. The molecule has 3 fully saturated rings. The van der Waals surface area contributed by atoms with Crippen LogP contribution in [0, 0.1) is 46.3 Å². The van der Waals surface area contributed by atoms with Crippen molar-refractivity contribution in [3.8, 4) is 23.3 Å². The molecule has 2 saturated carbocycles. The first-order valence-electron chi connectivity index (χ1n) is 24.4. The van der Waals surface area contributed by atoms with Gasteiger partial charge in [-0.1, -0.05) is 70.6 Å². The second-order valence-electron chi connectivity index (χ2n) is 21.0. The number of allylic oxidation sites excluding steroid dienone is 2. The molecule has 1 aromatic carbocycles. The summed E-state index contributed by atoms with van der Waals surface area (Å²) in [7, 11) is 3.81. The number of fused-ring (bicyclic) bond motifs is 6. The van der Waals surface area contributed by atoms with Crippen molar-refractivity contribution in [2.24, 2.45) is 45.2 Å². The number of benzene rings is 1. The van der Waals surface area contributed by atoms with Crippen LogP contribution in [0.25, 0.3) is 0 Å². The highest BCUT2D eigenvalue weighted by Crippen LogP contribution is 2.60. The lowest BCUT2D eigenvalue weighted by Crippen LogP contribution is -2.60. The molecule has 15 heteroatoms. The lowest BCUT2D eigenvalue weighted by molar-refractivity contribution is -0.152. The molecule has 0 radical (unpaired) electrons. The Balaban J connectivity index is 1.17. The highest BCUT2D eigenvalue weighted by atomic mass is 33.1. The number of esters is 1. The molecule has 1 aromatic rings. The Labute approximate surface area is 392 Å². The first-order valence-corrected chi connectivity index (χ1v) is 26.9. The van der Waals surface area contributed by atoms with Gasteiger partial charge in [0.25, 0.3) is 0 Å². The van der Waals surface area contributed by atoms with E-state index in [9.17, 15) is 30.3 Å². The number of phenolic OH excluding ortho intramolecular Hbond substituents is 1. The molecule has 5 aliphatic carbocycles. The zero-order valence-electron chi connectivity index (χ0n) is 37.9. The highest BCUT2D eigenvalue weighted by Gasteiger charge is 2.55. The third-order valence-electron chi connectivity index (χ3n) is 16.5. The SMILES string of the molecule is CC(=O)OC1CC(O)CCC23C#CC4CCCC5(CNCCSSCC6(CC7C=CC8CCCC8(C7)C6)NC(N)=NC2C=CCC3O)CC(CCN5)Oc2cc(c(C(O)O)cc2O)CC41. The van der Waals surface area contributed by atoms with E-state index in [4.69, 9.17) is 20.2 Å². The van der Waals surface area contributed by atoms with E-state index in [1.807, 2.05) is 33.7 Å². The largest absolute Gasteiger partial charge is 0.504 e. The maximum Gasteiger partial charge on any atom is 0.302 e. The van der Waals surface area contributed by atoms with Gasteiger partial charge in [0.1, 0.15) is 12.2 Å². The number of aliphatic hydroxyl groups is 4. The maximum atomic E-state index is 12.9. The number of piperidine rings is 1. The molecule has 3 aliphatic heterocycles. The number of nitrogens with two attached hydrogens (primary N) is 1. The first kappa shape index (κ1) is 47.1. The molecular formula is C50H71N5O8S2. The molecule has 13 nitrogen and oxygen atoms in total. The lowest BCUT2D eigenvalue weighted by atomic mass is 9.56. The number of carbonyl (C=O) groups excluding carboxylic acids is 1. The number of carbonyl (C=O) groups is 1. The Kier molecular flexibility index (Phi) is 14.2. The summed E-state index contributed by atoms with van der Waals surface area (Å²) in [6.45, 7) is 3.63. The van der Waals surface area contributed by atoms with Crippen LogP contribution in [0.2, 0.25) is 0 Å². The summed E-state index contributed by atoms with van der Waals surface area (Å²) in [6, 6.07) is 2.44. The molecule has 356 valence electrons. The summed E-state index contributed by atoms with van der Waals surface area (Å²) in [5, 5.41) is 68.5. The molecule has 8 aliphatic rings. The predicted octanol–water partition coefficient (Wildman–Crippen LogP) is 5.14. The minimum atomic E-state index is -1.90. The fourth-order valence-corrected chi connectivity index (χ4v) is 16.0. The van der Waals surface area contributed by atoms with Crippen LogP contribution >= 0.6 is 21.6 Å². The summed E-state index contributed by atoms with van der Waals surface area (Å²) >= 11 is 0. The van der Waals surface area contributed by atoms with Crippen LogP contribution in [-0.2, 0) is 16.0 Å². The Morgan fingerprint density at radius 2 is 1.88 bits per heavy atom. The van der Waals surface area contributed by atoms with Gasteiger partial charge in [-0.05, 0) is 119 Å². The number of aromatic hydroxyl groups is 1. The number of guanidine groups is 1. The van der Waals surface area contributed by atoms with E-state index in [0.717, 1.165) is 56.7 Å². The van der Waals surface area contributed by atoms with E-state index in [-0.39, 0.29) is 58.9 Å². The summed E-state index contributed by atoms with van der Waals surface area (Å²) in [5.74, 6) is 9.23. The number of aliphatic hydroxyl groups excluding tert-OH is 3. The molecule has 13 atom stereocenters. The minimum absolute atomic E-state index is 0.119. The molecule has 4 spiro atoms. The van der Waals surface area contributed by atoms with Gasteiger partial charge in [0.15, 0.2) is 23.7 Å². The van der Waals surface area contributed by atoms with Gasteiger partial charge in [-0.15, -0.1) is 0 Å². The van der Waals surface area contributed by atoms with Crippen molar-refractivity contribution in [2.45, 2.75) is 157 Å². The van der Waals surface area contributed by atoms with Crippen LogP contribution in [0.3, 0.4) is 0 Å². The number of nitrogens with zero attached hydrogens (tertiary/aromatic N) is 1. The average molecular weight is 934 g/mol. The van der Waals surface area contributed by atoms with Gasteiger partial charge < -0.3 is 56.7 Å². The number of rotatable bonds is 2. The average Bonchev–Trinajstić information content (AvgIpc) is 3.64. The van der Waals surface area contributed by atoms with E-state index in [0.29, 0.717) is 55.6 Å². The minimum Gasteiger partial charge on any atom is -0.504 e. The van der Waals surface area contributed by atoms with E-state index in [1.165, 1.54) is 38.7 Å². The van der Waals surface area contributed by atoms with Crippen molar-refractivity contribution in [3.05, 3.63) is 47.6 Å². The molecule has 10 N–H and O–H groups in total. The topological polar surface area (TPSA) is 211 Å². The van der Waals surface area contributed by atoms with Gasteiger partial charge in [0.2, 0.25) is 0 Å². The monoisotopic (exact) mass is 933 g/mol. The van der Waals surface area contributed by atoms with Crippen LogP contribution in [0.1, 0.15) is 121 Å². The zero-order chi connectivity index (χ0) is 45.4.